The SMILES string of the molecule is Cc1nc(N)cc(N2CCSC(C)(C)C2)n1. The lowest BCUT2D eigenvalue weighted by molar-refractivity contribution is 0.641. The van der Waals surface area contributed by atoms with Crippen LogP contribution >= 0.6 is 11.8 Å². The van der Waals surface area contributed by atoms with Crippen molar-refractivity contribution in [1.29, 1.82) is 0 Å². The molecule has 0 saturated carbocycles. The molecule has 0 radical (unpaired) electrons. The van der Waals surface area contributed by atoms with Crippen LogP contribution in [0.3, 0.4) is 0 Å². The molecule has 0 atom stereocenters. The molecule has 1 aliphatic heterocycles. The van der Waals surface area contributed by atoms with Crippen LogP contribution in [0.2, 0.25) is 0 Å². The van der Waals surface area contributed by atoms with Gasteiger partial charge in [0.15, 0.2) is 0 Å². The van der Waals surface area contributed by atoms with Crippen LogP contribution in [0.25, 0.3) is 0 Å². The minimum absolute atomic E-state index is 0.284. The molecular formula is C11H18N4S. The maximum atomic E-state index is 5.75. The van der Waals surface area contributed by atoms with E-state index in [2.05, 4.69) is 28.7 Å². The van der Waals surface area contributed by atoms with Gasteiger partial charge in [-0.25, -0.2) is 9.97 Å². The van der Waals surface area contributed by atoms with E-state index in [9.17, 15) is 0 Å². The zero-order valence-electron chi connectivity index (χ0n) is 10.0. The number of nitrogen functional groups attached to an aromatic ring is 1. The number of aromatic nitrogens is 2. The highest BCUT2D eigenvalue weighted by atomic mass is 32.2. The third kappa shape index (κ3) is 2.58. The van der Waals surface area contributed by atoms with Crippen LogP contribution in [-0.4, -0.2) is 33.6 Å². The molecule has 0 aromatic carbocycles. The molecule has 2 N–H and O–H groups in total. The first kappa shape index (κ1) is 11.5. The fourth-order valence-electron chi connectivity index (χ4n) is 1.95. The molecule has 1 aliphatic rings. The molecule has 0 bridgehead atoms. The summed E-state index contributed by atoms with van der Waals surface area (Å²) >= 11 is 2.01. The minimum atomic E-state index is 0.284. The third-order valence-electron chi connectivity index (χ3n) is 2.59. The summed E-state index contributed by atoms with van der Waals surface area (Å²) in [5.74, 6) is 3.39. The van der Waals surface area contributed by atoms with E-state index in [1.165, 1.54) is 0 Å². The van der Waals surface area contributed by atoms with Crippen molar-refractivity contribution in [2.24, 2.45) is 0 Å². The van der Waals surface area contributed by atoms with Crippen molar-refractivity contribution < 1.29 is 0 Å². The maximum Gasteiger partial charge on any atom is 0.134 e. The molecule has 2 heterocycles. The number of aryl methyl sites for hydroxylation is 1. The summed E-state index contributed by atoms with van der Waals surface area (Å²) < 4.78 is 0.284. The molecule has 88 valence electrons. The Balaban J connectivity index is 2.23. The smallest absolute Gasteiger partial charge is 0.134 e. The van der Waals surface area contributed by atoms with Gasteiger partial charge in [-0.3, -0.25) is 0 Å². The van der Waals surface area contributed by atoms with Gasteiger partial charge in [0.05, 0.1) is 0 Å². The van der Waals surface area contributed by atoms with Crippen molar-refractivity contribution in [3.05, 3.63) is 11.9 Å². The Kier molecular flexibility index (Phi) is 2.97. The predicted molar refractivity (Wildman–Crippen MR) is 69.9 cm³/mol. The van der Waals surface area contributed by atoms with Gasteiger partial charge in [-0.2, -0.15) is 11.8 Å². The van der Waals surface area contributed by atoms with Crippen LogP contribution in [-0.2, 0) is 0 Å². The topological polar surface area (TPSA) is 55.0 Å². The summed E-state index contributed by atoms with van der Waals surface area (Å²) in [6, 6.07) is 1.86. The molecule has 1 aromatic heterocycles. The number of hydrogen-bond donors (Lipinski definition) is 1. The lowest BCUT2D eigenvalue weighted by Gasteiger charge is -2.38. The first-order valence-electron chi connectivity index (χ1n) is 5.46. The highest BCUT2D eigenvalue weighted by Gasteiger charge is 2.27. The monoisotopic (exact) mass is 238 g/mol. The standard InChI is InChI=1S/C11H18N4S/c1-8-13-9(12)6-10(14-8)15-4-5-16-11(2,3)7-15/h6H,4-5,7H2,1-3H3,(H2,12,13,14). The van der Waals surface area contributed by atoms with Crippen molar-refractivity contribution in [2.45, 2.75) is 25.5 Å². The van der Waals surface area contributed by atoms with Gasteiger partial charge in [-0.05, 0) is 20.8 Å². The molecule has 1 aromatic rings. The molecule has 0 aliphatic carbocycles. The molecule has 5 heteroatoms. The first-order valence-corrected chi connectivity index (χ1v) is 6.45. The van der Waals surface area contributed by atoms with Crippen LogP contribution in [0.5, 0.6) is 0 Å². The van der Waals surface area contributed by atoms with Crippen molar-refractivity contribution in [3.63, 3.8) is 0 Å². The summed E-state index contributed by atoms with van der Waals surface area (Å²) in [5.41, 5.74) is 5.75. The molecule has 16 heavy (non-hydrogen) atoms. The Hall–Kier alpha value is -0.970. The Labute approximate surface area is 101 Å². The number of nitrogens with two attached hydrogens (primary N) is 1. The summed E-state index contributed by atoms with van der Waals surface area (Å²) in [5, 5.41) is 0. The number of rotatable bonds is 1. The fourth-order valence-corrected chi connectivity index (χ4v) is 3.06. The van der Waals surface area contributed by atoms with E-state index in [0.29, 0.717) is 5.82 Å². The zero-order chi connectivity index (χ0) is 11.8. The molecule has 0 spiro atoms. The molecule has 1 fully saturated rings. The van der Waals surface area contributed by atoms with Crippen LogP contribution in [0.15, 0.2) is 6.07 Å². The van der Waals surface area contributed by atoms with Gasteiger partial charge in [-0.1, -0.05) is 0 Å². The quantitative estimate of drug-likeness (QED) is 0.807. The van der Waals surface area contributed by atoms with Gasteiger partial charge >= 0.3 is 0 Å². The van der Waals surface area contributed by atoms with Crippen LogP contribution < -0.4 is 10.6 Å². The summed E-state index contributed by atoms with van der Waals surface area (Å²) in [4.78, 5) is 10.8. The van der Waals surface area contributed by atoms with E-state index in [0.717, 1.165) is 30.5 Å². The normalized spacial score (nSPS) is 19.8. The fraction of sp³-hybridized carbons (Fsp3) is 0.636. The average Bonchev–Trinajstić information content (AvgIpc) is 2.14. The van der Waals surface area contributed by atoms with Gasteiger partial charge in [0.1, 0.15) is 17.5 Å². The van der Waals surface area contributed by atoms with Crippen molar-refractivity contribution in [1.82, 2.24) is 9.97 Å². The minimum Gasteiger partial charge on any atom is -0.384 e. The molecule has 0 amide bonds. The largest absolute Gasteiger partial charge is 0.384 e. The molecular weight excluding hydrogens is 220 g/mol. The Morgan fingerprint density at radius 1 is 1.44 bits per heavy atom. The van der Waals surface area contributed by atoms with Gasteiger partial charge in [-0.15, -0.1) is 0 Å². The van der Waals surface area contributed by atoms with Crippen LogP contribution in [0.4, 0.5) is 11.6 Å². The van der Waals surface area contributed by atoms with E-state index < -0.39 is 0 Å². The Morgan fingerprint density at radius 3 is 2.81 bits per heavy atom. The second-order valence-corrected chi connectivity index (χ2v) is 6.53. The molecule has 1 saturated heterocycles. The van der Waals surface area contributed by atoms with Crippen molar-refractivity contribution >= 4 is 23.4 Å². The number of nitrogens with zero attached hydrogens (tertiary/aromatic N) is 3. The van der Waals surface area contributed by atoms with Crippen LogP contribution in [0.1, 0.15) is 19.7 Å². The van der Waals surface area contributed by atoms with Gasteiger partial charge in [0.2, 0.25) is 0 Å². The predicted octanol–water partition coefficient (Wildman–Crippen LogP) is 1.70. The second kappa shape index (κ2) is 4.13. The van der Waals surface area contributed by atoms with E-state index in [4.69, 9.17) is 5.73 Å². The summed E-state index contributed by atoms with van der Waals surface area (Å²) in [6.45, 7) is 8.45. The zero-order valence-corrected chi connectivity index (χ0v) is 10.8. The third-order valence-corrected chi connectivity index (χ3v) is 3.89. The molecule has 2 rings (SSSR count). The lowest BCUT2D eigenvalue weighted by atomic mass is 10.2. The van der Waals surface area contributed by atoms with E-state index in [-0.39, 0.29) is 4.75 Å². The highest BCUT2D eigenvalue weighted by Crippen LogP contribution is 2.31. The van der Waals surface area contributed by atoms with E-state index >= 15 is 0 Å². The van der Waals surface area contributed by atoms with Crippen molar-refractivity contribution in [3.8, 4) is 0 Å². The summed E-state index contributed by atoms with van der Waals surface area (Å²) in [6.07, 6.45) is 0. The maximum absolute atomic E-state index is 5.75. The number of thioether (sulfide) groups is 1. The van der Waals surface area contributed by atoms with Gasteiger partial charge < -0.3 is 10.6 Å². The first-order chi connectivity index (χ1) is 7.46. The lowest BCUT2D eigenvalue weighted by Crippen LogP contribution is -2.43. The van der Waals surface area contributed by atoms with E-state index in [1.54, 1.807) is 0 Å². The van der Waals surface area contributed by atoms with Gasteiger partial charge in [0.25, 0.3) is 0 Å². The number of hydrogen-bond acceptors (Lipinski definition) is 5. The van der Waals surface area contributed by atoms with Gasteiger partial charge in [0, 0.05) is 29.7 Å². The molecule has 0 unspecified atom stereocenters. The Bertz CT molecular complexity index is 371. The number of anilines is 2. The van der Waals surface area contributed by atoms with Crippen LogP contribution in [0, 0.1) is 6.92 Å². The summed E-state index contributed by atoms with van der Waals surface area (Å²) in [7, 11) is 0. The highest BCUT2D eigenvalue weighted by molar-refractivity contribution is 8.00. The average molecular weight is 238 g/mol. The van der Waals surface area contributed by atoms with E-state index in [1.807, 2.05) is 24.8 Å². The molecule has 4 nitrogen and oxygen atoms in total. The van der Waals surface area contributed by atoms with Crippen molar-refractivity contribution in [2.75, 3.05) is 29.5 Å². The second-order valence-electron chi connectivity index (χ2n) is 4.73. The Morgan fingerprint density at radius 2 is 2.19 bits per heavy atom.